The van der Waals surface area contributed by atoms with E-state index in [1.165, 1.54) is 12.1 Å². The highest BCUT2D eigenvalue weighted by atomic mass is 35.5. The van der Waals surface area contributed by atoms with Gasteiger partial charge in [-0.1, -0.05) is 11.6 Å². The normalized spacial score (nSPS) is 11.0. The lowest BCUT2D eigenvalue weighted by molar-refractivity contribution is 0.296. The van der Waals surface area contributed by atoms with Crippen molar-refractivity contribution >= 4 is 11.6 Å². The van der Waals surface area contributed by atoms with E-state index in [1.54, 1.807) is 0 Å². The van der Waals surface area contributed by atoms with Gasteiger partial charge in [0.2, 0.25) is 0 Å². The van der Waals surface area contributed by atoms with E-state index in [-0.39, 0.29) is 0 Å². The summed E-state index contributed by atoms with van der Waals surface area (Å²) in [6, 6.07) is 11.8. The monoisotopic (exact) mass is 306 g/mol. The van der Waals surface area contributed by atoms with Gasteiger partial charge in [0.1, 0.15) is 12.4 Å². The zero-order chi connectivity index (χ0) is 15.1. The highest BCUT2D eigenvalue weighted by Crippen LogP contribution is 2.15. The molecule has 0 unspecified atom stereocenters. The van der Waals surface area contributed by atoms with E-state index in [9.17, 15) is 0 Å². The molecule has 0 saturated heterocycles. The molecule has 2 aromatic rings. The van der Waals surface area contributed by atoms with Crippen LogP contribution in [0.25, 0.3) is 0 Å². The third-order valence-electron chi connectivity index (χ3n) is 3.38. The molecule has 2 rings (SSSR count). The molecule has 21 heavy (non-hydrogen) atoms. The SMILES string of the molecule is CN(C)CCCc1cccn1CCOc1ccc(Cl)cc1. The molecule has 0 spiro atoms. The van der Waals surface area contributed by atoms with Gasteiger partial charge in [-0.3, -0.25) is 0 Å². The first kappa shape index (κ1) is 15.9. The first-order valence-corrected chi connectivity index (χ1v) is 7.70. The lowest BCUT2D eigenvalue weighted by atomic mass is 10.2. The minimum absolute atomic E-state index is 0.664. The third-order valence-corrected chi connectivity index (χ3v) is 3.63. The summed E-state index contributed by atoms with van der Waals surface area (Å²) < 4.78 is 8.01. The van der Waals surface area contributed by atoms with Crippen LogP contribution >= 0.6 is 11.6 Å². The maximum atomic E-state index is 5.86. The molecule has 4 heteroatoms. The number of halogens is 1. The summed E-state index contributed by atoms with van der Waals surface area (Å²) in [5.41, 5.74) is 1.37. The molecule has 0 aliphatic carbocycles. The lowest BCUT2D eigenvalue weighted by Crippen LogP contribution is -2.15. The van der Waals surface area contributed by atoms with Gasteiger partial charge < -0.3 is 14.2 Å². The summed E-state index contributed by atoms with van der Waals surface area (Å²) in [7, 11) is 4.22. The summed E-state index contributed by atoms with van der Waals surface area (Å²) in [6.45, 7) is 2.65. The first-order chi connectivity index (χ1) is 10.1. The number of ether oxygens (including phenoxy) is 1. The standard InChI is InChI=1S/C17H23ClN2O/c1-19(2)11-3-5-16-6-4-12-20(16)13-14-21-17-9-7-15(18)8-10-17/h4,6-10,12H,3,5,11,13-14H2,1-2H3. The van der Waals surface area contributed by atoms with Gasteiger partial charge in [-0.25, -0.2) is 0 Å². The van der Waals surface area contributed by atoms with Gasteiger partial charge in [0, 0.05) is 16.9 Å². The predicted molar refractivity (Wildman–Crippen MR) is 88.3 cm³/mol. The average Bonchev–Trinajstić information content (AvgIpc) is 2.88. The molecule has 0 saturated carbocycles. The summed E-state index contributed by atoms with van der Waals surface area (Å²) in [6.07, 6.45) is 4.40. The molecule has 114 valence electrons. The van der Waals surface area contributed by atoms with Crippen LogP contribution in [0.1, 0.15) is 12.1 Å². The maximum Gasteiger partial charge on any atom is 0.119 e. The zero-order valence-corrected chi connectivity index (χ0v) is 13.5. The van der Waals surface area contributed by atoms with Gasteiger partial charge in [0.05, 0.1) is 6.54 Å². The van der Waals surface area contributed by atoms with Crippen LogP contribution in [0.2, 0.25) is 5.02 Å². The van der Waals surface area contributed by atoms with Crippen molar-refractivity contribution in [3.05, 3.63) is 53.3 Å². The summed E-state index contributed by atoms with van der Waals surface area (Å²) in [4.78, 5) is 2.22. The van der Waals surface area contributed by atoms with Gasteiger partial charge in [-0.05, 0) is 69.9 Å². The molecule has 1 aromatic carbocycles. The molecule has 0 aliphatic heterocycles. The molecule has 0 atom stereocenters. The van der Waals surface area contributed by atoms with E-state index in [1.807, 2.05) is 24.3 Å². The number of rotatable bonds is 8. The van der Waals surface area contributed by atoms with Crippen molar-refractivity contribution < 1.29 is 4.74 Å². The van der Waals surface area contributed by atoms with Crippen molar-refractivity contribution in [2.75, 3.05) is 27.2 Å². The second-order valence-electron chi connectivity index (χ2n) is 5.40. The Balaban J connectivity index is 1.78. The molecule has 0 aliphatic rings. The smallest absolute Gasteiger partial charge is 0.119 e. The summed E-state index contributed by atoms with van der Waals surface area (Å²) >= 11 is 5.86. The topological polar surface area (TPSA) is 17.4 Å². The molecule has 0 amide bonds. The van der Waals surface area contributed by atoms with E-state index < -0.39 is 0 Å². The quantitative estimate of drug-likeness (QED) is 0.739. The van der Waals surface area contributed by atoms with Gasteiger partial charge in [0.15, 0.2) is 0 Å². The van der Waals surface area contributed by atoms with Crippen LogP contribution < -0.4 is 4.74 Å². The molecule has 0 fully saturated rings. The Morgan fingerprint density at radius 3 is 2.62 bits per heavy atom. The Hall–Kier alpha value is -1.45. The van der Waals surface area contributed by atoms with Crippen molar-refractivity contribution in [3.63, 3.8) is 0 Å². The number of aryl methyl sites for hydroxylation is 1. The van der Waals surface area contributed by atoms with Crippen molar-refractivity contribution in [1.82, 2.24) is 9.47 Å². The molecule has 3 nitrogen and oxygen atoms in total. The largest absolute Gasteiger partial charge is 0.492 e. The van der Waals surface area contributed by atoms with Gasteiger partial charge in [-0.15, -0.1) is 0 Å². The highest BCUT2D eigenvalue weighted by Gasteiger charge is 2.02. The van der Waals surface area contributed by atoms with Crippen LogP contribution in [0.5, 0.6) is 5.75 Å². The number of hydrogen-bond acceptors (Lipinski definition) is 2. The van der Waals surface area contributed by atoms with Crippen molar-refractivity contribution in [2.24, 2.45) is 0 Å². The summed E-state index contributed by atoms with van der Waals surface area (Å²) in [5.74, 6) is 0.862. The average molecular weight is 307 g/mol. The molecule has 0 N–H and O–H groups in total. The van der Waals surface area contributed by atoms with E-state index >= 15 is 0 Å². The Morgan fingerprint density at radius 1 is 1.14 bits per heavy atom. The van der Waals surface area contributed by atoms with Crippen molar-refractivity contribution in [2.45, 2.75) is 19.4 Å². The van der Waals surface area contributed by atoms with E-state index in [0.29, 0.717) is 6.61 Å². The second-order valence-corrected chi connectivity index (χ2v) is 5.84. The van der Waals surface area contributed by atoms with Gasteiger partial charge in [0.25, 0.3) is 0 Å². The molecular weight excluding hydrogens is 284 g/mol. The van der Waals surface area contributed by atoms with E-state index in [4.69, 9.17) is 16.3 Å². The molecule has 1 aromatic heterocycles. The fraction of sp³-hybridized carbons (Fsp3) is 0.412. The molecule has 1 heterocycles. The second kappa shape index (κ2) is 8.11. The highest BCUT2D eigenvalue weighted by molar-refractivity contribution is 6.30. The first-order valence-electron chi connectivity index (χ1n) is 7.32. The van der Waals surface area contributed by atoms with Crippen molar-refractivity contribution in [1.29, 1.82) is 0 Å². The molecule has 0 radical (unpaired) electrons. The Kier molecular flexibility index (Phi) is 6.15. The fourth-order valence-corrected chi connectivity index (χ4v) is 2.39. The zero-order valence-electron chi connectivity index (χ0n) is 12.8. The van der Waals surface area contributed by atoms with Crippen LogP contribution in [-0.2, 0) is 13.0 Å². The van der Waals surface area contributed by atoms with Crippen LogP contribution in [0.4, 0.5) is 0 Å². The predicted octanol–water partition coefficient (Wildman–Crippen LogP) is 3.71. The minimum atomic E-state index is 0.664. The van der Waals surface area contributed by atoms with Gasteiger partial charge >= 0.3 is 0 Å². The van der Waals surface area contributed by atoms with Crippen LogP contribution in [0.15, 0.2) is 42.6 Å². The van der Waals surface area contributed by atoms with Crippen LogP contribution in [0.3, 0.4) is 0 Å². The molecular formula is C17H23ClN2O. The summed E-state index contributed by atoms with van der Waals surface area (Å²) in [5, 5.41) is 0.732. The van der Waals surface area contributed by atoms with E-state index in [0.717, 1.165) is 30.3 Å². The Labute approximate surface area is 132 Å². The maximum absolute atomic E-state index is 5.86. The fourth-order valence-electron chi connectivity index (χ4n) is 2.26. The number of hydrogen-bond donors (Lipinski definition) is 0. The third kappa shape index (κ3) is 5.44. The lowest BCUT2D eigenvalue weighted by Gasteiger charge is -2.12. The number of aromatic nitrogens is 1. The Morgan fingerprint density at radius 2 is 1.90 bits per heavy atom. The van der Waals surface area contributed by atoms with Gasteiger partial charge in [-0.2, -0.15) is 0 Å². The van der Waals surface area contributed by atoms with E-state index in [2.05, 4.69) is 41.9 Å². The van der Waals surface area contributed by atoms with Crippen LogP contribution in [0, 0.1) is 0 Å². The van der Waals surface area contributed by atoms with Crippen molar-refractivity contribution in [3.8, 4) is 5.75 Å². The number of nitrogens with zero attached hydrogens (tertiary/aromatic N) is 2. The molecule has 0 bridgehead atoms. The van der Waals surface area contributed by atoms with Crippen LogP contribution in [-0.4, -0.2) is 36.7 Å². The number of benzene rings is 1. The Bertz CT molecular complexity index is 534. The minimum Gasteiger partial charge on any atom is -0.492 e.